The number of nitrogens with zero attached hydrogens (tertiary/aromatic N) is 2. The third kappa shape index (κ3) is 4.50. The fraction of sp³-hybridized carbons (Fsp3) is 0.750. The number of rotatable bonds is 8. The van der Waals surface area contributed by atoms with Crippen molar-refractivity contribution in [3.63, 3.8) is 0 Å². The first-order chi connectivity index (χ1) is 8.90. The highest BCUT2D eigenvalue weighted by Crippen LogP contribution is 2.17. The molecule has 0 aliphatic rings. The molecule has 1 aromatic heterocycles. The molecule has 3 N–H and O–H groups in total. The van der Waals surface area contributed by atoms with Crippen molar-refractivity contribution in [1.82, 2.24) is 14.5 Å². The van der Waals surface area contributed by atoms with Crippen molar-refractivity contribution in [1.29, 1.82) is 0 Å². The molecular formula is C12H24N4O2S. The molecule has 110 valence electrons. The van der Waals surface area contributed by atoms with E-state index in [1.807, 2.05) is 13.8 Å². The van der Waals surface area contributed by atoms with Crippen LogP contribution in [0.1, 0.15) is 46.5 Å². The molecule has 0 amide bonds. The zero-order chi connectivity index (χ0) is 14.5. The lowest BCUT2D eigenvalue weighted by Gasteiger charge is -2.13. The van der Waals surface area contributed by atoms with Gasteiger partial charge in [-0.15, -0.1) is 0 Å². The molecule has 0 saturated heterocycles. The first-order valence-corrected chi connectivity index (χ1v) is 8.24. The Labute approximate surface area is 115 Å². The van der Waals surface area contributed by atoms with E-state index in [2.05, 4.69) is 16.7 Å². The molecule has 1 unspecified atom stereocenters. The Morgan fingerprint density at radius 3 is 2.63 bits per heavy atom. The number of nitrogens with one attached hydrogen (secondary N) is 1. The molecule has 0 aliphatic carbocycles. The van der Waals surface area contributed by atoms with Crippen LogP contribution in [0.2, 0.25) is 0 Å². The predicted molar refractivity (Wildman–Crippen MR) is 76.2 cm³/mol. The van der Waals surface area contributed by atoms with E-state index in [-0.39, 0.29) is 16.8 Å². The van der Waals surface area contributed by atoms with E-state index in [9.17, 15) is 8.42 Å². The van der Waals surface area contributed by atoms with Crippen LogP contribution in [0.4, 0.5) is 5.82 Å². The number of nitrogen functional groups attached to an aromatic ring is 1. The monoisotopic (exact) mass is 288 g/mol. The highest BCUT2D eigenvalue weighted by Gasteiger charge is 2.22. The summed E-state index contributed by atoms with van der Waals surface area (Å²) >= 11 is 0. The molecule has 1 heterocycles. The summed E-state index contributed by atoms with van der Waals surface area (Å²) in [5.41, 5.74) is 5.65. The van der Waals surface area contributed by atoms with Gasteiger partial charge in [0, 0.05) is 18.8 Å². The number of aryl methyl sites for hydroxylation is 1. The molecule has 0 fully saturated rings. The Morgan fingerprint density at radius 1 is 1.42 bits per heavy atom. The molecule has 7 heteroatoms. The van der Waals surface area contributed by atoms with Crippen LogP contribution in [-0.4, -0.2) is 24.2 Å². The molecule has 6 nitrogen and oxygen atoms in total. The highest BCUT2D eigenvalue weighted by molar-refractivity contribution is 7.89. The van der Waals surface area contributed by atoms with E-state index < -0.39 is 10.0 Å². The van der Waals surface area contributed by atoms with Gasteiger partial charge >= 0.3 is 0 Å². The summed E-state index contributed by atoms with van der Waals surface area (Å²) in [6, 6.07) is -0.0964. The lowest BCUT2D eigenvalue weighted by atomic mass is 10.1. The summed E-state index contributed by atoms with van der Waals surface area (Å²) in [5.74, 6) is 0.0510. The van der Waals surface area contributed by atoms with Crippen LogP contribution in [0.3, 0.4) is 0 Å². The third-order valence-corrected chi connectivity index (χ3v) is 4.57. The van der Waals surface area contributed by atoms with Gasteiger partial charge in [0.2, 0.25) is 10.0 Å². The second-order valence-corrected chi connectivity index (χ2v) is 6.43. The Hall–Kier alpha value is -1.08. The lowest BCUT2D eigenvalue weighted by molar-refractivity contribution is 0.527. The van der Waals surface area contributed by atoms with Gasteiger partial charge in [-0.1, -0.05) is 26.2 Å². The second-order valence-electron chi connectivity index (χ2n) is 4.75. The zero-order valence-electron chi connectivity index (χ0n) is 11.9. The van der Waals surface area contributed by atoms with Crippen molar-refractivity contribution in [2.24, 2.45) is 0 Å². The summed E-state index contributed by atoms with van der Waals surface area (Å²) < 4.78 is 28.5. The maximum atomic E-state index is 12.2. The first kappa shape index (κ1) is 16.0. The van der Waals surface area contributed by atoms with Gasteiger partial charge in [0.1, 0.15) is 4.90 Å². The van der Waals surface area contributed by atoms with Gasteiger partial charge in [-0.25, -0.2) is 13.1 Å². The second kappa shape index (κ2) is 6.91. The summed E-state index contributed by atoms with van der Waals surface area (Å²) in [6.45, 7) is 6.46. The van der Waals surface area contributed by atoms with E-state index in [1.54, 1.807) is 0 Å². The molecule has 1 rings (SSSR count). The van der Waals surface area contributed by atoms with E-state index >= 15 is 0 Å². The number of hydrogen-bond acceptors (Lipinski definition) is 4. The van der Waals surface area contributed by atoms with E-state index in [1.165, 1.54) is 10.9 Å². The van der Waals surface area contributed by atoms with Crippen molar-refractivity contribution in [2.75, 3.05) is 5.73 Å². The Bertz CT molecular complexity index is 496. The van der Waals surface area contributed by atoms with Gasteiger partial charge in [0.15, 0.2) is 5.82 Å². The normalized spacial score (nSPS) is 13.6. The largest absolute Gasteiger partial charge is 0.381 e. The van der Waals surface area contributed by atoms with Gasteiger partial charge < -0.3 is 5.73 Å². The molecule has 0 aromatic carbocycles. The molecule has 0 saturated carbocycles. The lowest BCUT2D eigenvalue weighted by Crippen LogP contribution is -2.32. The topological polar surface area (TPSA) is 90.0 Å². The minimum atomic E-state index is -3.57. The van der Waals surface area contributed by atoms with Crippen LogP contribution in [0.5, 0.6) is 0 Å². The number of aromatic nitrogens is 2. The van der Waals surface area contributed by atoms with E-state index in [4.69, 9.17) is 5.73 Å². The average molecular weight is 288 g/mol. The van der Waals surface area contributed by atoms with Crippen LogP contribution < -0.4 is 10.5 Å². The van der Waals surface area contributed by atoms with E-state index in [0.29, 0.717) is 6.54 Å². The van der Waals surface area contributed by atoms with Crippen LogP contribution in [-0.2, 0) is 16.6 Å². The Kier molecular flexibility index (Phi) is 5.81. The number of anilines is 1. The molecule has 1 atom stereocenters. The number of unbranched alkanes of at least 4 members (excludes halogenated alkanes) is 2. The van der Waals surface area contributed by atoms with E-state index in [0.717, 1.165) is 25.7 Å². The third-order valence-electron chi connectivity index (χ3n) is 2.97. The average Bonchev–Trinajstić information content (AvgIpc) is 2.71. The van der Waals surface area contributed by atoms with Crippen LogP contribution in [0, 0.1) is 0 Å². The highest BCUT2D eigenvalue weighted by atomic mass is 32.2. The maximum absolute atomic E-state index is 12.2. The summed E-state index contributed by atoms with van der Waals surface area (Å²) in [5, 5.41) is 3.95. The Morgan fingerprint density at radius 2 is 2.11 bits per heavy atom. The van der Waals surface area contributed by atoms with Crippen LogP contribution >= 0.6 is 0 Å². The number of sulfonamides is 1. The summed E-state index contributed by atoms with van der Waals surface area (Å²) in [7, 11) is -3.57. The van der Waals surface area contributed by atoms with Gasteiger partial charge in [0.05, 0.1) is 0 Å². The number of hydrogen-bond donors (Lipinski definition) is 2. The van der Waals surface area contributed by atoms with Gasteiger partial charge in [-0.05, 0) is 20.3 Å². The molecule has 19 heavy (non-hydrogen) atoms. The summed E-state index contributed by atoms with van der Waals surface area (Å²) in [4.78, 5) is 0.0664. The molecule has 0 spiro atoms. The van der Waals surface area contributed by atoms with Gasteiger partial charge in [0.25, 0.3) is 0 Å². The molecular weight excluding hydrogens is 264 g/mol. The van der Waals surface area contributed by atoms with Crippen molar-refractivity contribution in [3.8, 4) is 0 Å². The van der Waals surface area contributed by atoms with Crippen LogP contribution in [0.15, 0.2) is 11.1 Å². The molecule has 0 bridgehead atoms. The summed E-state index contributed by atoms with van der Waals surface area (Å²) in [6.07, 6.45) is 5.55. The fourth-order valence-corrected chi connectivity index (χ4v) is 3.23. The molecule has 0 aliphatic heterocycles. The fourth-order valence-electron chi connectivity index (χ4n) is 1.87. The minimum absolute atomic E-state index is 0.0510. The molecule has 1 aromatic rings. The zero-order valence-corrected chi connectivity index (χ0v) is 12.7. The van der Waals surface area contributed by atoms with Gasteiger partial charge in [-0.3, -0.25) is 4.68 Å². The first-order valence-electron chi connectivity index (χ1n) is 6.76. The standard InChI is InChI=1S/C12H24N4O2S/c1-4-6-7-8-10(3)15-19(17,18)11-9-16(5-2)14-12(11)13/h9-10,15H,4-8H2,1-3H3,(H2,13,14). The van der Waals surface area contributed by atoms with Crippen molar-refractivity contribution < 1.29 is 8.42 Å². The molecule has 0 radical (unpaired) electrons. The smallest absolute Gasteiger partial charge is 0.246 e. The Balaban J connectivity index is 2.72. The van der Waals surface area contributed by atoms with Gasteiger partial charge in [-0.2, -0.15) is 5.10 Å². The maximum Gasteiger partial charge on any atom is 0.246 e. The van der Waals surface area contributed by atoms with Crippen molar-refractivity contribution in [2.45, 2.75) is 63.9 Å². The number of nitrogens with two attached hydrogens (primary N) is 1. The minimum Gasteiger partial charge on any atom is -0.381 e. The van der Waals surface area contributed by atoms with Crippen molar-refractivity contribution >= 4 is 15.8 Å². The SMILES string of the molecule is CCCCCC(C)NS(=O)(=O)c1cn(CC)nc1N. The quantitative estimate of drug-likeness (QED) is 0.713. The van der Waals surface area contributed by atoms with Crippen LogP contribution in [0.25, 0.3) is 0 Å². The predicted octanol–water partition coefficient (Wildman–Crippen LogP) is 1.73. The van der Waals surface area contributed by atoms with Crippen molar-refractivity contribution in [3.05, 3.63) is 6.20 Å².